The van der Waals surface area contributed by atoms with E-state index in [1.54, 1.807) is 12.1 Å². The molecule has 0 spiro atoms. The molecule has 0 aliphatic carbocycles. The number of halogens is 3. The molecule has 3 nitrogen and oxygen atoms in total. The lowest BCUT2D eigenvalue weighted by molar-refractivity contribution is -0.115. The second-order valence-corrected chi connectivity index (χ2v) is 5.09. The first-order valence-electron chi connectivity index (χ1n) is 4.28. The van der Waals surface area contributed by atoms with Gasteiger partial charge in [-0.05, 0) is 50.4 Å². The van der Waals surface area contributed by atoms with Crippen LogP contribution in [0, 0.1) is 18.3 Å². The number of rotatable bonds is 2. The van der Waals surface area contributed by atoms with E-state index >= 15 is 0 Å². The van der Waals surface area contributed by atoms with Crippen LogP contribution >= 0.6 is 43.5 Å². The zero-order valence-corrected chi connectivity index (χ0v) is 12.2. The fourth-order valence-electron chi connectivity index (χ4n) is 1.12. The zero-order valence-electron chi connectivity index (χ0n) is 8.27. The maximum atomic E-state index is 11.3. The molecule has 1 rings (SSSR count). The van der Waals surface area contributed by atoms with E-state index in [0.717, 1.165) is 10.0 Å². The fraction of sp³-hybridized carbons (Fsp3) is 0.200. The Hall–Kier alpha value is -0.570. The van der Waals surface area contributed by atoms with Gasteiger partial charge in [-0.25, -0.2) is 0 Å². The van der Waals surface area contributed by atoms with Crippen molar-refractivity contribution in [3.05, 3.63) is 25.6 Å². The third kappa shape index (κ3) is 2.97. The smallest absolute Gasteiger partial charge is 0.238 e. The number of anilines is 1. The molecule has 0 saturated heterocycles. The molecule has 0 atom stereocenters. The molecule has 0 aliphatic rings. The van der Waals surface area contributed by atoms with Gasteiger partial charge in [0.1, 0.15) is 6.42 Å². The lowest BCUT2D eigenvalue weighted by atomic mass is 10.2. The van der Waals surface area contributed by atoms with Gasteiger partial charge in [-0.2, -0.15) is 5.26 Å². The van der Waals surface area contributed by atoms with Crippen molar-refractivity contribution in [3.8, 4) is 6.07 Å². The molecule has 1 aromatic rings. The molecule has 1 aromatic carbocycles. The average molecular weight is 366 g/mol. The third-order valence-electron chi connectivity index (χ3n) is 1.86. The van der Waals surface area contributed by atoms with Gasteiger partial charge in [-0.3, -0.25) is 4.79 Å². The Balaban J connectivity index is 3.11. The van der Waals surface area contributed by atoms with Crippen molar-refractivity contribution in [2.24, 2.45) is 0 Å². The monoisotopic (exact) mass is 364 g/mol. The Morgan fingerprint density at radius 1 is 1.62 bits per heavy atom. The minimum absolute atomic E-state index is 0.181. The first kappa shape index (κ1) is 13.5. The number of benzene rings is 1. The Labute approximate surface area is 115 Å². The van der Waals surface area contributed by atoms with Crippen molar-refractivity contribution in [2.45, 2.75) is 13.3 Å². The first-order valence-corrected chi connectivity index (χ1v) is 6.24. The number of hydrogen-bond acceptors (Lipinski definition) is 2. The quantitative estimate of drug-likeness (QED) is 0.804. The van der Waals surface area contributed by atoms with Crippen molar-refractivity contribution in [1.82, 2.24) is 0 Å². The van der Waals surface area contributed by atoms with Gasteiger partial charge in [0.05, 0.1) is 21.3 Å². The standard InChI is InChI=1S/C10H7Br2ClN2O/c1-5-4-6(11)9(13)8(12)10(5)15-7(16)2-3-14/h4H,2H2,1H3,(H,15,16). The minimum atomic E-state index is -0.357. The van der Waals surface area contributed by atoms with Gasteiger partial charge in [0.25, 0.3) is 0 Å². The molecule has 0 heterocycles. The molecule has 0 unspecified atom stereocenters. The Kier molecular flexibility index (Phi) is 4.78. The molecular formula is C10H7Br2ClN2O. The largest absolute Gasteiger partial charge is 0.324 e. The molecule has 84 valence electrons. The van der Waals surface area contributed by atoms with E-state index in [1.165, 1.54) is 0 Å². The summed E-state index contributed by atoms with van der Waals surface area (Å²) >= 11 is 12.6. The number of nitrogens with one attached hydrogen (secondary N) is 1. The van der Waals surface area contributed by atoms with Crippen LogP contribution in [-0.2, 0) is 4.79 Å². The normalized spacial score (nSPS) is 9.69. The van der Waals surface area contributed by atoms with Gasteiger partial charge in [0.15, 0.2) is 0 Å². The Morgan fingerprint density at radius 2 is 2.25 bits per heavy atom. The second-order valence-electron chi connectivity index (χ2n) is 3.06. The number of nitrogens with zero attached hydrogens (tertiary/aromatic N) is 1. The van der Waals surface area contributed by atoms with E-state index in [2.05, 4.69) is 37.2 Å². The molecule has 0 fully saturated rings. The Morgan fingerprint density at radius 3 is 2.81 bits per heavy atom. The third-order valence-corrected chi connectivity index (χ3v) is 4.13. The van der Waals surface area contributed by atoms with E-state index in [9.17, 15) is 4.79 Å². The van der Waals surface area contributed by atoms with Crippen molar-refractivity contribution >= 4 is 55.1 Å². The van der Waals surface area contributed by atoms with Gasteiger partial charge in [-0.1, -0.05) is 11.6 Å². The highest BCUT2D eigenvalue weighted by atomic mass is 79.9. The van der Waals surface area contributed by atoms with E-state index < -0.39 is 0 Å². The van der Waals surface area contributed by atoms with Crippen molar-refractivity contribution in [1.29, 1.82) is 5.26 Å². The van der Waals surface area contributed by atoms with Crippen LogP contribution in [0.3, 0.4) is 0 Å². The summed E-state index contributed by atoms with van der Waals surface area (Å²) in [4.78, 5) is 11.3. The van der Waals surface area contributed by atoms with Gasteiger partial charge >= 0.3 is 0 Å². The molecular weight excluding hydrogens is 359 g/mol. The number of nitriles is 1. The van der Waals surface area contributed by atoms with Crippen LogP contribution in [0.1, 0.15) is 12.0 Å². The van der Waals surface area contributed by atoms with Crippen molar-refractivity contribution in [2.75, 3.05) is 5.32 Å². The summed E-state index contributed by atoms with van der Waals surface area (Å²) in [5.74, 6) is -0.357. The van der Waals surface area contributed by atoms with Crippen LogP contribution in [0.25, 0.3) is 0 Å². The molecule has 0 aromatic heterocycles. The molecule has 1 N–H and O–H groups in total. The summed E-state index contributed by atoms with van der Waals surface area (Å²) in [6.45, 7) is 1.84. The topological polar surface area (TPSA) is 52.9 Å². The summed E-state index contributed by atoms with van der Waals surface area (Å²) in [6.07, 6.45) is -0.181. The van der Waals surface area contributed by atoms with Crippen molar-refractivity contribution < 1.29 is 4.79 Å². The summed E-state index contributed by atoms with van der Waals surface area (Å²) < 4.78 is 1.35. The summed E-state index contributed by atoms with van der Waals surface area (Å²) in [7, 11) is 0. The predicted molar refractivity (Wildman–Crippen MR) is 70.4 cm³/mol. The highest BCUT2D eigenvalue weighted by Crippen LogP contribution is 2.38. The lowest BCUT2D eigenvalue weighted by Gasteiger charge is -2.12. The molecule has 6 heteroatoms. The molecule has 0 radical (unpaired) electrons. The van der Waals surface area contributed by atoms with Crippen LogP contribution in [0.2, 0.25) is 5.02 Å². The van der Waals surface area contributed by atoms with Gasteiger partial charge in [0.2, 0.25) is 5.91 Å². The highest BCUT2D eigenvalue weighted by molar-refractivity contribution is 9.11. The number of carbonyl (C=O) groups is 1. The maximum Gasteiger partial charge on any atom is 0.238 e. The van der Waals surface area contributed by atoms with Crippen LogP contribution in [0.4, 0.5) is 5.69 Å². The molecule has 0 bridgehead atoms. The maximum absolute atomic E-state index is 11.3. The first-order chi connectivity index (χ1) is 7.47. The number of hydrogen-bond donors (Lipinski definition) is 1. The second kappa shape index (κ2) is 5.67. The van der Waals surface area contributed by atoms with Crippen LogP contribution in [0.15, 0.2) is 15.0 Å². The van der Waals surface area contributed by atoms with Crippen molar-refractivity contribution in [3.63, 3.8) is 0 Å². The van der Waals surface area contributed by atoms with Crippen LogP contribution in [-0.4, -0.2) is 5.91 Å². The van der Waals surface area contributed by atoms with E-state index in [1.807, 2.05) is 6.92 Å². The van der Waals surface area contributed by atoms with Gasteiger partial charge in [-0.15, -0.1) is 0 Å². The molecule has 0 saturated carbocycles. The lowest BCUT2D eigenvalue weighted by Crippen LogP contribution is -2.11. The SMILES string of the molecule is Cc1cc(Br)c(Cl)c(Br)c1NC(=O)CC#N. The summed E-state index contributed by atoms with van der Waals surface area (Å²) in [5, 5.41) is 11.5. The molecule has 1 amide bonds. The van der Waals surface area contributed by atoms with E-state index in [4.69, 9.17) is 16.9 Å². The summed E-state index contributed by atoms with van der Waals surface area (Å²) in [5.41, 5.74) is 1.45. The van der Waals surface area contributed by atoms with Crippen LogP contribution in [0.5, 0.6) is 0 Å². The average Bonchev–Trinajstić information content (AvgIpc) is 2.22. The molecule has 16 heavy (non-hydrogen) atoms. The highest BCUT2D eigenvalue weighted by Gasteiger charge is 2.13. The summed E-state index contributed by atoms with van der Waals surface area (Å²) in [6, 6.07) is 3.58. The number of carbonyl (C=O) groups excluding carboxylic acids is 1. The number of amides is 1. The van der Waals surface area contributed by atoms with E-state index in [-0.39, 0.29) is 12.3 Å². The van der Waals surface area contributed by atoms with Gasteiger partial charge < -0.3 is 5.32 Å². The fourth-order valence-corrected chi connectivity index (χ4v) is 2.70. The Bertz CT molecular complexity index is 483. The predicted octanol–water partition coefficient (Wildman–Crippen LogP) is 4.03. The van der Waals surface area contributed by atoms with Crippen LogP contribution < -0.4 is 5.32 Å². The minimum Gasteiger partial charge on any atom is -0.324 e. The van der Waals surface area contributed by atoms with Gasteiger partial charge in [0, 0.05) is 4.47 Å². The zero-order chi connectivity index (χ0) is 12.3. The number of aryl methyl sites for hydroxylation is 1. The van der Waals surface area contributed by atoms with E-state index in [0.29, 0.717) is 15.2 Å². The molecule has 0 aliphatic heterocycles.